The van der Waals surface area contributed by atoms with Gasteiger partial charge in [0.2, 0.25) is 0 Å². The molecular weight excluding hydrogens is 260 g/mol. The standard InChI is InChI=1S/C11H20O8/c12-4-3-11(7-19-8-13,2-1-9(14)15)6-18-5-10(16)17/h12-13H,1-8H2,(H,14,15)(H,16,17). The van der Waals surface area contributed by atoms with Crippen LogP contribution in [0, 0.1) is 5.41 Å². The number of rotatable bonds is 12. The van der Waals surface area contributed by atoms with Gasteiger partial charge < -0.3 is 29.9 Å². The molecule has 4 N–H and O–H groups in total. The molecule has 19 heavy (non-hydrogen) atoms. The van der Waals surface area contributed by atoms with E-state index in [0.29, 0.717) is 0 Å². The number of carboxylic acid groups (broad SMARTS) is 2. The van der Waals surface area contributed by atoms with Crippen molar-refractivity contribution >= 4 is 11.9 Å². The maximum absolute atomic E-state index is 10.6. The summed E-state index contributed by atoms with van der Waals surface area (Å²) in [4.78, 5) is 21.0. The highest BCUT2D eigenvalue weighted by Gasteiger charge is 2.31. The quantitative estimate of drug-likeness (QED) is 0.344. The first kappa shape index (κ1) is 17.8. The molecule has 0 heterocycles. The van der Waals surface area contributed by atoms with E-state index in [-0.39, 0.29) is 39.1 Å². The van der Waals surface area contributed by atoms with E-state index >= 15 is 0 Å². The lowest BCUT2D eigenvalue weighted by atomic mass is 9.81. The molecule has 0 rings (SSSR count). The van der Waals surface area contributed by atoms with Crippen molar-refractivity contribution in [2.24, 2.45) is 5.41 Å². The summed E-state index contributed by atoms with van der Waals surface area (Å²) in [5, 5.41) is 34.9. The minimum absolute atomic E-state index is 0.0169. The van der Waals surface area contributed by atoms with Crippen LogP contribution in [0.25, 0.3) is 0 Å². The Morgan fingerprint density at radius 3 is 2.05 bits per heavy atom. The zero-order chi connectivity index (χ0) is 14.7. The average Bonchev–Trinajstić information content (AvgIpc) is 2.33. The molecule has 0 radical (unpaired) electrons. The van der Waals surface area contributed by atoms with Crippen LogP contribution in [0.4, 0.5) is 0 Å². The number of aliphatic carboxylic acids is 2. The van der Waals surface area contributed by atoms with Crippen LogP contribution in [0.5, 0.6) is 0 Å². The van der Waals surface area contributed by atoms with Crippen molar-refractivity contribution in [2.75, 3.05) is 33.2 Å². The molecule has 8 heteroatoms. The molecule has 8 nitrogen and oxygen atoms in total. The molecule has 0 amide bonds. The number of aliphatic hydroxyl groups excluding tert-OH is 2. The number of ether oxygens (including phenoxy) is 2. The van der Waals surface area contributed by atoms with Crippen LogP contribution in [0.3, 0.4) is 0 Å². The Bertz CT molecular complexity index is 280. The third-order valence-corrected chi connectivity index (χ3v) is 2.64. The Labute approximate surface area is 110 Å². The summed E-state index contributed by atoms with van der Waals surface area (Å²) in [5.74, 6) is -2.15. The Hall–Kier alpha value is -1.22. The molecule has 0 aromatic heterocycles. The first-order valence-corrected chi connectivity index (χ1v) is 5.76. The smallest absolute Gasteiger partial charge is 0.329 e. The zero-order valence-electron chi connectivity index (χ0n) is 10.6. The Morgan fingerprint density at radius 1 is 0.947 bits per heavy atom. The fourth-order valence-electron chi connectivity index (χ4n) is 1.68. The molecule has 0 bridgehead atoms. The van der Waals surface area contributed by atoms with Crippen LogP contribution in [0.1, 0.15) is 19.3 Å². The predicted molar refractivity (Wildman–Crippen MR) is 62.5 cm³/mol. The summed E-state index contributed by atoms with van der Waals surface area (Å²) in [5.41, 5.74) is -0.828. The lowest BCUT2D eigenvalue weighted by Crippen LogP contribution is -2.35. The van der Waals surface area contributed by atoms with Crippen LogP contribution in [-0.4, -0.2) is 65.6 Å². The predicted octanol–water partition coefficient (Wildman–Crippen LogP) is -0.712. The lowest BCUT2D eigenvalue weighted by Gasteiger charge is -2.32. The van der Waals surface area contributed by atoms with Crippen LogP contribution in [0.15, 0.2) is 0 Å². The Kier molecular flexibility index (Phi) is 9.06. The molecule has 112 valence electrons. The van der Waals surface area contributed by atoms with Gasteiger partial charge in [0, 0.05) is 18.4 Å². The zero-order valence-corrected chi connectivity index (χ0v) is 10.6. The van der Waals surface area contributed by atoms with Crippen molar-refractivity contribution in [3.8, 4) is 0 Å². The molecular formula is C11H20O8. The fraction of sp³-hybridized carbons (Fsp3) is 0.818. The average molecular weight is 280 g/mol. The number of aliphatic hydroxyl groups is 2. The van der Waals surface area contributed by atoms with E-state index < -0.39 is 30.8 Å². The topological polar surface area (TPSA) is 134 Å². The molecule has 0 aliphatic heterocycles. The van der Waals surface area contributed by atoms with Gasteiger partial charge in [0.1, 0.15) is 13.4 Å². The molecule has 0 spiro atoms. The van der Waals surface area contributed by atoms with Gasteiger partial charge in [-0.1, -0.05) is 0 Å². The normalized spacial score (nSPS) is 14.0. The summed E-state index contributed by atoms with van der Waals surface area (Å²) in [7, 11) is 0. The van der Waals surface area contributed by atoms with Crippen LogP contribution >= 0.6 is 0 Å². The number of hydrogen-bond acceptors (Lipinski definition) is 6. The van der Waals surface area contributed by atoms with E-state index in [1.54, 1.807) is 0 Å². The number of hydrogen-bond donors (Lipinski definition) is 4. The van der Waals surface area contributed by atoms with Crippen molar-refractivity contribution in [1.82, 2.24) is 0 Å². The van der Waals surface area contributed by atoms with E-state index in [1.807, 2.05) is 0 Å². The van der Waals surface area contributed by atoms with Gasteiger partial charge in [-0.05, 0) is 12.8 Å². The lowest BCUT2D eigenvalue weighted by molar-refractivity contribution is -0.147. The maximum Gasteiger partial charge on any atom is 0.329 e. The largest absolute Gasteiger partial charge is 0.481 e. The van der Waals surface area contributed by atoms with Crippen molar-refractivity contribution in [2.45, 2.75) is 19.3 Å². The molecule has 0 aliphatic carbocycles. The van der Waals surface area contributed by atoms with E-state index in [4.69, 9.17) is 29.9 Å². The fourth-order valence-corrected chi connectivity index (χ4v) is 1.68. The van der Waals surface area contributed by atoms with E-state index in [2.05, 4.69) is 0 Å². The molecule has 0 saturated carbocycles. The molecule has 1 unspecified atom stereocenters. The molecule has 1 atom stereocenters. The van der Waals surface area contributed by atoms with Crippen LogP contribution in [0.2, 0.25) is 0 Å². The minimum Gasteiger partial charge on any atom is -0.481 e. The second kappa shape index (κ2) is 9.68. The highest BCUT2D eigenvalue weighted by Crippen LogP contribution is 2.29. The van der Waals surface area contributed by atoms with Gasteiger partial charge in [-0.15, -0.1) is 0 Å². The minimum atomic E-state index is -1.14. The van der Waals surface area contributed by atoms with Gasteiger partial charge >= 0.3 is 11.9 Å². The Morgan fingerprint density at radius 2 is 1.58 bits per heavy atom. The van der Waals surface area contributed by atoms with Crippen molar-refractivity contribution in [3.63, 3.8) is 0 Å². The summed E-state index contributed by atoms with van der Waals surface area (Å²) >= 11 is 0. The summed E-state index contributed by atoms with van der Waals surface area (Å²) in [6, 6.07) is 0. The molecule has 0 aromatic rings. The second-order valence-electron chi connectivity index (χ2n) is 4.23. The number of carboxylic acids is 2. The third kappa shape index (κ3) is 8.49. The SMILES string of the molecule is O=C(O)CCC(CCO)(COCO)COCC(=O)O. The number of carbonyl (C=O) groups is 2. The monoisotopic (exact) mass is 280 g/mol. The molecule has 0 aromatic carbocycles. The van der Waals surface area contributed by atoms with Gasteiger partial charge in [0.05, 0.1) is 13.2 Å². The summed E-state index contributed by atoms with van der Waals surface area (Å²) in [6.45, 7) is -1.35. The first-order valence-electron chi connectivity index (χ1n) is 5.76. The van der Waals surface area contributed by atoms with E-state index in [9.17, 15) is 9.59 Å². The highest BCUT2D eigenvalue weighted by atomic mass is 16.6. The second-order valence-corrected chi connectivity index (χ2v) is 4.23. The Balaban J connectivity index is 4.58. The third-order valence-electron chi connectivity index (χ3n) is 2.64. The van der Waals surface area contributed by atoms with Crippen molar-refractivity contribution < 1.29 is 39.5 Å². The molecule has 0 fully saturated rings. The van der Waals surface area contributed by atoms with Gasteiger partial charge in [0.15, 0.2) is 0 Å². The summed E-state index contributed by atoms with van der Waals surface area (Å²) in [6.07, 6.45) is 0.188. The summed E-state index contributed by atoms with van der Waals surface area (Å²) < 4.78 is 9.84. The van der Waals surface area contributed by atoms with E-state index in [1.165, 1.54) is 0 Å². The highest BCUT2D eigenvalue weighted by molar-refractivity contribution is 5.68. The van der Waals surface area contributed by atoms with Gasteiger partial charge in [-0.3, -0.25) is 4.79 Å². The van der Waals surface area contributed by atoms with Crippen molar-refractivity contribution in [3.05, 3.63) is 0 Å². The molecule has 0 saturated heterocycles. The molecule has 0 aliphatic rings. The first-order chi connectivity index (χ1) is 8.95. The van der Waals surface area contributed by atoms with Gasteiger partial charge in [-0.25, -0.2) is 4.79 Å². The van der Waals surface area contributed by atoms with Crippen LogP contribution in [-0.2, 0) is 19.1 Å². The van der Waals surface area contributed by atoms with Crippen LogP contribution < -0.4 is 0 Å². The van der Waals surface area contributed by atoms with Gasteiger partial charge in [-0.2, -0.15) is 0 Å². The van der Waals surface area contributed by atoms with E-state index in [0.717, 1.165) is 0 Å². The van der Waals surface area contributed by atoms with Crippen molar-refractivity contribution in [1.29, 1.82) is 0 Å². The van der Waals surface area contributed by atoms with Gasteiger partial charge in [0.25, 0.3) is 0 Å². The maximum atomic E-state index is 10.6.